The number of sulfonamides is 2. The van der Waals surface area contributed by atoms with Gasteiger partial charge in [0.1, 0.15) is 15.9 Å². The third-order valence-electron chi connectivity index (χ3n) is 3.65. The third kappa shape index (κ3) is 5.67. The van der Waals surface area contributed by atoms with Gasteiger partial charge in [0.2, 0.25) is 10.0 Å². The van der Waals surface area contributed by atoms with Gasteiger partial charge in [-0.15, -0.1) is 0 Å². The molecule has 0 atom stereocenters. The van der Waals surface area contributed by atoms with Crippen molar-refractivity contribution in [2.75, 3.05) is 0 Å². The smallest absolute Gasteiger partial charge is 0.265 e. The van der Waals surface area contributed by atoms with Gasteiger partial charge in [0.05, 0.1) is 5.56 Å². The predicted octanol–water partition coefficient (Wildman–Crippen LogP) is 1.72. The van der Waals surface area contributed by atoms with Gasteiger partial charge >= 0.3 is 0 Å². The van der Waals surface area contributed by atoms with Crippen LogP contribution < -0.4 is 9.86 Å². The summed E-state index contributed by atoms with van der Waals surface area (Å²) in [6.45, 7) is 5.70. The second-order valence-corrected chi connectivity index (χ2v) is 10.5. The van der Waals surface area contributed by atoms with Gasteiger partial charge in [-0.3, -0.25) is 4.79 Å². The van der Waals surface area contributed by atoms with E-state index in [0.717, 1.165) is 12.1 Å². The zero-order chi connectivity index (χ0) is 22.7. The van der Waals surface area contributed by atoms with Crippen molar-refractivity contribution < 1.29 is 21.6 Å². The highest BCUT2D eigenvalue weighted by atomic mass is 32.2. The van der Waals surface area contributed by atoms with E-state index in [4.69, 9.17) is 5.14 Å². The lowest BCUT2D eigenvalue weighted by atomic mass is 9.96. The van der Waals surface area contributed by atoms with Crippen LogP contribution in [0.4, 0.5) is 0 Å². The molecular weight excluding hydrogens is 426 g/mol. The molecule has 3 N–H and O–H groups in total. The fourth-order valence-electron chi connectivity index (χ4n) is 2.28. The summed E-state index contributed by atoms with van der Waals surface area (Å²) in [5, 5.41) is 14.4. The molecule has 0 aliphatic heterocycles. The van der Waals surface area contributed by atoms with E-state index < -0.39 is 35.7 Å². The predicted molar refractivity (Wildman–Crippen MR) is 110 cm³/mol. The van der Waals surface area contributed by atoms with E-state index in [0.29, 0.717) is 5.56 Å². The summed E-state index contributed by atoms with van der Waals surface area (Å²) in [7, 11) is -8.89. The molecule has 10 heteroatoms. The molecule has 0 bridgehead atoms. The molecular formula is C20H19N3O5S2. The summed E-state index contributed by atoms with van der Waals surface area (Å²) in [5.74, 6) is 4.80. The molecule has 0 aliphatic carbocycles. The van der Waals surface area contributed by atoms with Crippen LogP contribution in [0.25, 0.3) is 0 Å². The fourth-order valence-corrected chi connectivity index (χ4v) is 4.64. The highest BCUT2D eigenvalue weighted by Crippen LogP contribution is 2.20. The van der Waals surface area contributed by atoms with Crippen LogP contribution in [0, 0.1) is 28.6 Å². The van der Waals surface area contributed by atoms with Crippen LogP contribution in [0.3, 0.4) is 0 Å². The Labute approximate surface area is 175 Å². The van der Waals surface area contributed by atoms with Crippen molar-refractivity contribution in [1.29, 1.82) is 5.26 Å². The number of hydrogen-bond donors (Lipinski definition) is 2. The summed E-state index contributed by atoms with van der Waals surface area (Å²) >= 11 is 0. The van der Waals surface area contributed by atoms with Crippen LogP contribution in [0.1, 0.15) is 42.3 Å². The molecule has 30 heavy (non-hydrogen) atoms. The van der Waals surface area contributed by atoms with E-state index in [-0.39, 0.29) is 16.5 Å². The van der Waals surface area contributed by atoms with Crippen molar-refractivity contribution in [3.63, 3.8) is 0 Å². The van der Waals surface area contributed by atoms with Crippen LogP contribution >= 0.6 is 0 Å². The van der Waals surface area contributed by atoms with Gasteiger partial charge in [0, 0.05) is 16.5 Å². The second-order valence-electron chi connectivity index (χ2n) is 7.30. The molecule has 2 aromatic carbocycles. The minimum absolute atomic E-state index is 0.0988. The number of carbonyl (C=O) groups is 1. The number of rotatable bonds is 4. The van der Waals surface area contributed by atoms with Crippen molar-refractivity contribution in [1.82, 2.24) is 4.72 Å². The Bertz CT molecular complexity index is 1320. The Kier molecular flexibility index (Phi) is 6.38. The monoisotopic (exact) mass is 445 g/mol. The van der Waals surface area contributed by atoms with Crippen molar-refractivity contribution in [3.05, 3.63) is 59.2 Å². The first kappa shape index (κ1) is 23.1. The molecule has 0 saturated heterocycles. The van der Waals surface area contributed by atoms with E-state index in [9.17, 15) is 26.9 Å². The minimum atomic E-state index is -4.55. The average Bonchev–Trinajstić information content (AvgIpc) is 2.64. The number of nitrogens with one attached hydrogen (secondary N) is 1. The Balaban J connectivity index is 2.41. The highest BCUT2D eigenvalue weighted by molar-refractivity contribution is 7.92. The summed E-state index contributed by atoms with van der Waals surface area (Å²) in [5.41, 5.74) is 0.0887. The molecule has 0 aromatic heterocycles. The lowest BCUT2D eigenvalue weighted by Crippen LogP contribution is -2.32. The number of nitriles is 1. The molecule has 156 valence electrons. The number of primary sulfonamides is 1. The van der Waals surface area contributed by atoms with Gasteiger partial charge < -0.3 is 0 Å². The Morgan fingerprint density at radius 3 is 2.13 bits per heavy atom. The maximum Gasteiger partial charge on any atom is 0.265 e. The van der Waals surface area contributed by atoms with Crippen molar-refractivity contribution >= 4 is 26.0 Å². The lowest BCUT2D eigenvalue weighted by Gasteiger charge is -2.11. The summed E-state index contributed by atoms with van der Waals surface area (Å²) in [4.78, 5) is 11.2. The molecule has 0 radical (unpaired) electrons. The SMILES string of the molecule is CC(C)(C)C#Cc1ccc(C(=O)NS(=O)(=O)c2ccccc2S(N)(=O)=O)cc1C#N. The van der Waals surface area contributed by atoms with Crippen molar-refractivity contribution in [2.45, 2.75) is 30.6 Å². The van der Waals surface area contributed by atoms with E-state index in [2.05, 4.69) is 11.8 Å². The van der Waals surface area contributed by atoms with Gasteiger partial charge in [-0.2, -0.15) is 5.26 Å². The van der Waals surface area contributed by atoms with E-state index >= 15 is 0 Å². The van der Waals surface area contributed by atoms with Gasteiger partial charge in [0.25, 0.3) is 15.9 Å². The zero-order valence-corrected chi connectivity index (χ0v) is 18.1. The fraction of sp³-hybridized carbons (Fsp3) is 0.200. The summed E-state index contributed by atoms with van der Waals surface area (Å²) in [6, 6.07) is 10.5. The molecule has 0 unspecified atom stereocenters. The Morgan fingerprint density at radius 2 is 1.60 bits per heavy atom. The molecule has 8 nitrogen and oxygen atoms in total. The number of nitrogens with two attached hydrogens (primary N) is 1. The van der Waals surface area contributed by atoms with Crippen LogP contribution in [0.5, 0.6) is 0 Å². The average molecular weight is 446 g/mol. The zero-order valence-electron chi connectivity index (χ0n) is 16.4. The Morgan fingerprint density at radius 1 is 1.00 bits per heavy atom. The molecule has 2 rings (SSSR count). The molecule has 0 fully saturated rings. The van der Waals surface area contributed by atoms with Crippen LogP contribution in [-0.2, 0) is 20.0 Å². The first-order valence-electron chi connectivity index (χ1n) is 8.51. The molecule has 0 heterocycles. The maximum absolute atomic E-state index is 12.6. The Hall–Kier alpha value is -3.18. The van der Waals surface area contributed by atoms with Crippen LogP contribution in [-0.4, -0.2) is 22.7 Å². The number of benzene rings is 2. The standard InChI is InChI=1S/C20H19N3O5S2/c1-20(2,3)11-10-14-8-9-15(12-16(14)13-21)19(24)23-30(27,28)18-7-5-4-6-17(18)29(22,25)26/h4-9,12H,1-3H3,(H,23,24)(H2,22,25,26). The van der Waals surface area contributed by atoms with Gasteiger partial charge in [-0.1, -0.05) is 24.0 Å². The molecule has 0 saturated carbocycles. The van der Waals surface area contributed by atoms with Crippen LogP contribution in [0.15, 0.2) is 52.3 Å². The first-order valence-corrected chi connectivity index (χ1v) is 11.5. The summed E-state index contributed by atoms with van der Waals surface area (Å²) in [6.07, 6.45) is 0. The second kappa shape index (κ2) is 8.28. The number of hydrogen-bond acceptors (Lipinski definition) is 6. The minimum Gasteiger partial charge on any atom is -0.268 e. The van der Waals surface area contributed by atoms with E-state index in [1.807, 2.05) is 26.8 Å². The van der Waals surface area contributed by atoms with Gasteiger partial charge in [-0.05, 0) is 51.1 Å². The quantitative estimate of drug-likeness (QED) is 0.685. The first-order chi connectivity index (χ1) is 13.7. The maximum atomic E-state index is 12.6. The van der Waals surface area contributed by atoms with E-state index in [1.165, 1.54) is 30.3 Å². The third-order valence-corrected chi connectivity index (χ3v) is 6.13. The largest absolute Gasteiger partial charge is 0.268 e. The van der Waals surface area contributed by atoms with Crippen molar-refractivity contribution in [3.8, 4) is 17.9 Å². The van der Waals surface area contributed by atoms with Crippen molar-refractivity contribution in [2.24, 2.45) is 10.6 Å². The lowest BCUT2D eigenvalue weighted by molar-refractivity contribution is 0.0981. The molecule has 0 aliphatic rings. The molecule has 2 aromatic rings. The molecule has 0 spiro atoms. The van der Waals surface area contributed by atoms with Crippen LogP contribution in [0.2, 0.25) is 0 Å². The highest BCUT2D eigenvalue weighted by Gasteiger charge is 2.26. The van der Waals surface area contributed by atoms with Gasteiger partial charge in [-0.25, -0.2) is 26.7 Å². The van der Waals surface area contributed by atoms with E-state index in [1.54, 1.807) is 4.72 Å². The number of nitrogens with zero attached hydrogens (tertiary/aromatic N) is 1. The normalized spacial score (nSPS) is 11.7. The number of amides is 1. The number of carbonyl (C=O) groups excluding carboxylic acids is 1. The molecule has 1 amide bonds. The topological polar surface area (TPSA) is 147 Å². The summed E-state index contributed by atoms with van der Waals surface area (Å²) < 4.78 is 50.3. The van der Waals surface area contributed by atoms with Gasteiger partial charge in [0.15, 0.2) is 0 Å².